The lowest BCUT2D eigenvalue weighted by Crippen LogP contribution is -2.54. The molecule has 0 spiro atoms. The smallest absolute Gasteiger partial charge is 0.414 e. The van der Waals surface area contributed by atoms with Crippen LogP contribution < -0.4 is 14.8 Å². The molecule has 2 aromatic rings. The molecule has 0 bridgehead atoms. The minimum atomic E-state index is -0.323. The Hall–Kier alpha value is -2.77. The van der Waals surface area contributed by atoms with Crippen LogP contribution in [-0.2, 0) is 16.1 Å². The topological polar surface area (TPSA) is 56.3 Å². The minimum absolute atomic E-state index is 0.00824. The van der Waals surface area contributed by atoms with Gasteiger partial charge in [-0.05, 0) is 55.3 Å². The normalized spacial score (nSPS) is 17.2. The molecular formula is C23H27ClN4O3. The summed E-state index contributed by atoms with van der Waals surface area (Å²) < 4.78 is 5.38. The molecule has 164 valence electrons. The van der Waals surface area contributed by atoms with E-state index in [1.165, 1.54) is 0 Å². The summed E-state index contributed by atoms with van der Waals surface area (Å²) in [6.07, 6.45) is 1.14. The summed E-state index contributed by atoms with van der Waals surface area (Å²) >= 11 is 6.11. The van der Waals surface area contributed by atoms with Gasteiger partial charge in [-0.1, -0.05) is 11.6 Å². The van der Waals surface area contributed by atoms with E-state index in [1.807, 2.05) is 55.4 Å². The number of anilines is 3. The van der Waals surface area contributed by atoms with E-state index in [0.29, 0.717) is 18.1 Å². The number of rotatable bonds is 4. The van der Waals surface area contributed by atoms with Gasteiger partial charge in [-0.3, -0.25) is 9.69 Å². The average Bonchev–Trinajstić information content (AvgIpc) is 2.75. The molecule has 0 N–H and O–H groups in total. The highest BCUT2D eigenvalue weighted by molar-refractivity contribution is 6.30. The highest BCUT2D eigenvalue weighted by Crippen LogP contribution is 2.34. The van der Waals surface area contributed by atoms with Crippen molar-refractivity contribution in [1.82, 2.24) is 5.01 Å². The first-order chi connectivity index (χ1) is 14.8. The number of amides is 2. The number of nitrogens with zero attached hydrogens (tertiary/aromatic N) is 4. The zero-order valence-electron chi connectivity index (χ0n) is 18.0. The second-order valence-corrected chi connectivity index (χ2v) is 8.56. The van der Waals surface area contributed by atoms with Gasteiger partial charge < -0.3 is 9.64 Å². The van der Waals surface area contributed by atoms with Crippen molar-refractivity contribution in [3.8, 4) is 0 Å². The van der Waals surface area contributed by atoms with Crippen molar-refractivity contribution in [2.75, 3.05) is 42.0 Å². The van der Waals surface area contributed by atoms with Crippen molar-refractivity contribution in [1.29, 1.82) is 0 Å². The quantitative estimate of drug-likeness (QED) is 0.706. The first-order valence-corrected chi connectivity index (χ1v) is 10.8. The molecule has 1 saturated heterocycles. The molecule has 4 rings (SSSR count). The van der Waals surface area contributed by atoms with Crippen LogP contribution in [0.2, 0.25) is 5.02 Å². The largest absolute Gasteiger partial charge is 0.444 e. The fourth-order valence-electron chi connectivity index (χ4n) is 4.30. The Morgan fingerprint density at radius 3 is 2.32 bits per heavy atom. The van der Waals surface area contributed by atoms with Gasteiger partial charge in [0.25, 0.3) is 0 Å². The standard InChI is InChI=1S/C23H27ClN4O3/c1-16(29)28(21-7-5-19(6-8-21)25(2)3)26-12-10-20(11-13-26)27-22-9-4-18(24)14-17(22)15-31-23(27)30/h4-9,14,20H,10-13,15H2,1-3H3. The van der Waals surface area contributed by atoms with Gasteiger partial charge in [0.1, 0.15) is 6.61 Å². The molecule has 8 heteroatoms. The van der Waals surface area contributed by atoms with Gasteiger partial charge in [0.2, 0.25) is 5.91 Å². The molecule has 2 aromatic carbocycles. The molecule has 0 saturated carbocycles. The maximum absolute atomic E-state index is 12.6. The van der Waals surface area contributed by atoms with E-state index < -0.39 is 0 Å². The average molecular weight is 443 g/mol. The number of benzene rings is 2. The number of piperidine rings is 1. The Balaban J connectivity index is 1.50. The Morgan fingerprint density at radius 2 is 1.71 bits per heavy atom. The van der Waals surface area contributed by atoms with E-state index in [1.54, 1.807) is 22.9 Å². The van der Waals surface area contributed by atoms with E-state index >= 15 is 0 Å². The number of hydrazine groups is 1. The van der Waals surface area contributed by atoms with Gasteiger partial charge in [-0.25, -0.2) is 14.8 Å². The first kappa shape index (κ1) is 21.5. The summed E-state index contributed by atoms with van der Waals surface area (Å²) in [5.74, 6) is -0.0339. The zero-order valence-corrected chi connectivity index (χ0v) is 18.8. The third-order valence-corrected chi connectivity index (χ3v) is 6.08. The van der Waals surface area contributed by atoms with Crippen LogP contribution in [0.15, 0.2) is 42.5 Å². The van der Waals surface area contributed by atoms with E-state index in [9.17, 15) is 9.59 Å². The number of carbonyl (C=O) groups is 2. The van der Waals surface area contributed by atoms with Crippen LogP contribution in [0.5, 0.6) is 0 Å². The maximum atomic E-state index is 12.6. The summed E-state index contributed by atoms with van der Waals surface area (Å²) in [4.78, 5) is 28.8. The SMILES string of the molecule is CC(=O)N(c1ccc(N(C)C)cc1)N1CCC(N2C(=O)OCc3cc(Cl)ccc32)CC1. The molecule has 0 aromatic heterocycles. The molecule has 2 aliphatic rings. The highest BCUT2D eigenvalue weighted by Gasteiger charge is 2.36. The zero-order chi connectivity index (χ0) is 22.1. The molecule has 2 amide bonds. The van der Waals surface area contributed by atoms with Crippen LogP contribution >= 0.6 is 11.6 Å². The molecule has 0 atom stereocenters. The minimum Gasteiger partial charge on any atom is -0.444 e. The van der Waals surface area contributed by atoms with E-state index in [4.69, 9.17) is 16.3 Å². The molecule has 0 radical (unpaired) electrons. The van der Waals surface area contributed by atoms with Crippen LogP contribution in [0.1, 0.15) is 25.3 Å². The van der Waals surface area contributed by atoms with Crippen LogP contribution in [0, 0.1) is 0 Å². The molecule has 2 heterocycles. The van der Waals surface area contributed by atoms with E-state index in [-0.39, 0.29) is 24.6 Å². The van der Waals surface area contributed by atoms with Crippen molar-refractivity contribution in [2.24, 2.45) is 0 Å². The van der Waals surface area contributed by atoms with Crippen molar-refractivity contribution in [3.63, 3.8) is 0 Å². The van der Waals surface area contributed by atoms with Crippen molar-refractivity contribution >= 4 is 40.7 Å². The summed E-state index contributed by atoms with van der Waals surface area (Å²) in [6, 6.07) is 13.5. The predicted octanol–water partition coefficient (Wildman–Crippen LogP) is 4.30. The Kier molecular flexibility index (Phi) is 6.07. The number of ether oxygens (including phenoxy) is 1. The fraction of sp³-hybridized carbons (Fsp3) is 0.391. The van der Waals surface area contributed by atoms with Crippen LogP contribution in [-0.4, -0.2) is 50.2 Å². The van der Waals surface area contributed by atoms with Crippen molar-refractivity contribution in [2.45, 2.75) is 32.4 Å². The van der Waals surface area contributed by atoms with Crippen molar-refractivity contribution in [3.05, 3.63) is 53.1 Å². The molecule has 7 nitrogen and oxygen atoms in total. The Labute approximate surface area is 187 Å². The molecule has 1 fully saturated rings. The third-order valence-electron chi connectivity index (χ3n) is 5.85. The number of hydrogen-bond donors (Lipinski definition) is 0. The van der Waals surface area contributed by atoms with E-state index in [2.05, 4.69) is 5.01 Å². The Bertz CT molecular complexity index is 971. The van der Waals surface area contributed by atoms with Crippen LogP contribution in [0.25, 0.3) is 0 Å². The third kappa shape index (κ3) is 4.34. The second kappa shape index (κ2) is 8.77. The fourth-order valence-corrected chi connectivity index (χ4v) is 4.50. The molecule has 31 heavy (non-hydrogen) atoms. The summed E-state index contributed by atoms with van der Waals surface area (Å²) in [7, 11) is 3.97. The number of fused-ring (bicyclic) bond motifs is 1. The van der Waals surface area contributed by atoms with Gasteiger partial charge >= 0.3 is 6.09 Å². The van der Waals surface area contributed by atoms with Crippen LogP contribution in [0.4, 0.5) is 21.9 Å². The summed E-state index contributed by atoms with van der Waals surface area (Å²) in [6.45, 7) is 3.14. The first-order valence-electron chi connectivity index (χ1n) is 10.4. The molecule has 0 aliphatic carbocycles. The van der Waals surface area contributed by atoms with Gasteiger partial charge in [-0.2, -0.15) is 0 Å². The monoisotopic (exact) mass is 442 g/mol. The van der Waals surface area contributed by atoms with Crippen LogP contribution in [0.3, 0.4) is 0 Å². The molecule has 2 aliphatic heterocycles. The number of carbonyl (C=O) groups excluding carboxylic acids is 2. The lowest BCUT2D eigenvalue weighted by Gasteiger charge is -2.43. The predicted molar refractivity (Wildman–Crippen MR) is 123 cm³/mol. The van der Waals surface area contributed by atoms with Gasteiger partial charge in [0.05, 0.1) is 11.4 Å². The number of hydrogen-bond acceptors (Lipinski definition) is 5. The lowest BCUT2D eigenvalue weighted by atomic mass is 10.0. The summed E-state index contributed by atoms with van der Waals surface area (Å²) in [5.41, 5.74) is 3.70. The van der Waals surface area contributed by atoms with E-state index in [0.717, 1.165) is 35.5 Å². The lowest BCUT2D eigenvalue weighted by molar-refractivity contribution is -0.119. The van der Waals surface area contributed by atoms with Crippen molar-refractivity contribution < 1.29 is 14.3 Å². The van der Waals surface area contributed by atoms with Gasteiger partial charge in [0, 0.05) is 56.4 Å². The maximum Gasteiger partial charge on any atom is 0.414 e. The number of halogens is 1. The second-order valence-electron chi connectivity index (χ2n) is 8.12. The highest BCUT2D eigenvalue weighted by atomic mass is 35.5. The Morgan fingerprint density at radius 1 is 1.06 bits per heavy atom. The molecular weight excluding hydrogens is 416 g/mol. The number of cyclic esters (lactones) is 1. The van der Waals surface area contributed by atoms with Gasteiger partial charge in [-0.15, -0.1) is 0 Å². The molecule has 0 unspecified atom stereocenters. The van der Waals surface area contributed by atoms with Gasteiger partial charge in [0.15, 0.2) is 0 Å². The summed E-state index contributed by atoms with van der Waals surface area (Å²) in [5, 5.41) is 4.42.